The normalized spacial score (nSPS) is 10.2. The number of rotatable bonds is 5. The summed E-state index contributed by atoms with van der Waals surface area (Å²) in [6, 6.07) is 6.56. The van der Waals surface area contributed by atoms with Gasteiger partial charge in [0.05, 0.1) is 11.1 Å². The summed E-state index contributed by atoms with van der Waals surface area (Å²) in [6.45, 7) is 0.451. The molecule has 5 nitrogen and oxygen atoms in total. The van der Waals surface area contributed by atoms with E-state index in [-0.39, 0.29) is 10.8 Å². The molecular weight excluding hydrogens is 254 g/mol. The first kappa shape index (κ1) is 12.4. The molecule has 0 fully saturated rings. The predicted octanol–water partition coefficient (Wildman–Crippen LogP) is 2.01. The Balaban J connectivity index is 1.85. The van der Waals surface area contributed by atoms with E-state index in [0.717, 1.165) is 17.1 Å². The molecule has 0 aromatic carbocycles. The fraction of sp³-hybridized carbons (Fsp3) is 0.167. The van der Waals surface area contributed by atoms with Crippen LogP contribution in [0.1, 0.15) is 25.1 Å². The van der Waals surface area contributed by atoms with E-state index in [1.54, 1.807) is 12.3 Å². The maximum atomic E-state index is 11.7. The Morgan fingerprint density at radius 3 is 2.67 bits per heavy atom. The van der Waals surface area contributed by atoms with Gasteiger partial charge in [-0.15, -0.1) is 11.3 Å². The van der Waals surface area contributed by atoms with Crippen molar-refractivity contribution < 1.29 is 19.1 Å². The van der Waals surface area contributed by atoms with Crippen molar-refractivity contribution >= 4 is 23.2 Å². The maximum absolute atomic E-state index is 11.7. The summed E-state index contributed by atoms with van der Waals surface area (Å²) in [6.07, 6.45) is 2.19. The molecule has 94 valence electrons. The molecule has 0 unspecified atom stereocenters. The van der Waals surface area contributed by atoms with Crippen molar-refractivity contribution in [3.05, 3.63) is 46.0 Å². The van der Waals surface area contributed by atoms with Crippen molar-refractivity contribution in [1.29, 1.82) is 0 Å². The fourth-order valence-electron chi connectivity index (χ4n) is 1.42. The van der Waals surface area contributed by atoms with Gasteiger partial charge in [-0.3, -0.25) is 4.79 Å². The fourth-order valence-corrected chi connectivity index (χ4v) is 2.18. The van der Waals surface area contributed by atoms with Crippen LogP contribution in [-0.4, -0.2) is 23.5 Å². The Bertz CT molecular complexity index is 544. The van der Waals surface area contributed by atoms with Gasteiger partial charge in [0.25, 0.3) is 5.91 Å². The third-order valence-electron chi connectivity index (χ3n) is 2.28. The van der Waals surface area contributed by atoms with Crippen LogP contribution >= 0.6 is 11.3 Å². The van der Waals surface area contributed by atoms with Crippen LogP contribution in [0.4, 0.5) is 0 Å². The molecule has 2 N–H and O–H groups in total. The zero-order valence-electron chi connectivity index (χ0n) is 9.38. The van der Waals surface area contributed by atoms with E-state index >= 15 is 0 Å². The lowest BCUT2D eigenvalue weighted by molar-refractivity contribution is 0.0702. The number of carboxylic acids is 1. The van der Waals surface area contributed by atoms with E-state index in [1.165, 1.54) is 12.1 Å². The molecule has 1 amide bonds. The number of nitrogens with one attached hydrogen (secondary N) is 1. The van der Waals surface area contributed by atoms with E-state index in [4.69, 9.17) is 9.52 Å². The number of amides is 1. The molecule has 2 heterocycles. The van der Waals surface area contributed by atoms with E-state index in [1.807, 2.05) is 6.07 Å². The zero-order valence-corrected chi connectivity index (χ0v) is 10.2. The lowest BCUT2D eigenvalue weighted by atomic mass is 10.3. The molecule has 0 aliphatic rings. The highest BCUT2D eigenvalue weighted by Crippen LogP contribution is 2.16. The van der Waals surface area contributed by atoms with Gasteiger partial charge < -0.3 is 14.8 Å². The van der Waals surface area contributed by atoms with E-state index < -0.39 is 5.97 Å². The molecule has 6 heteroatoms. The summed E-state index contributed by atoms with van der Waals surface area (Å²) in [5, 5.41) is 11.5. The van der Waals surface area contributed by atoms with Gasteiger partial charge in [0, 0.05) is 13.0 Å². The number of aromatic carboxylic acids is 1. The van der Waals surface area contributed by atoms with Gasteiger partial charge in [-0.05, 0) is 24.3 Å². The largest absolute Gasteiger partial charge is 0.477 e. The smallest absolute Gasteiger partial charge is 0.345 e. The van der Waals surface area contributed by atoms with E-state index in [9.17, 15) is 9.59 Å². The topological polar surface area (TPSA) is 79.5 Å². The van der Waals surface area contributed by atoms with Gasteiger partial charge >= 0.3 is 5.97 Å². The van der Waals surface area contributed by atoms with Gasteiger partial charge in [0.15, 0.2) is 0 Å². The number of furan rings is 1. The molecule has 0 saturated carbocycles. The van der Waals surface area contributed by atoms with E-state index in [2.05, 4.69) is 5.32 Å². The van der Waals surface area contributed by atoms with Crippen LogP contribution < -0.4 is 5.32 Å². The highest BCUT2D eigenvalue weighted by molar-refractivity contribution is 7.15. The SMILES string of the molecule is O=C(O)c1ccc(C(=O)NCCc2ccco2)s1. The van der Waals surface area contributed by atoms with E-state index in [0.29, 0.717) is 17.8 Å². The number of hydrogen-bond acceptors (Lipinski definition) is 4. The molecule has 2 aromatic heterocycles. The predicted molar refractivity (Wildman–Crippen MR) is 66.0 cm³/mol. The summed E-state index contributed by atoms with van der Waals surface area (Å²) in [5.74, 6) is -0.485. The van der Waals surface area contributed by atoms with Gasteiger partial charge in [0.1, 0.15) is 10.6 Å². The van der Waals surface area contributed by atoms with Crippen molar-refractivity contribution in [3.63, 3.8) is 0 Å². The van der Waals surface area contributed by atoms with Crippen LogP contribution in [0.2, 0.25) is 0 Å². The molecule has 0 aliphatic heterocycles. The molecule has 0 saturated heterocycles. The maximum Gasteiger partial charge on any atom is 0.345 e. The summed E-state index contributed by atoms with van der Waals surface area (Å²) in [7, 11) is 0. The minimum Gasteiger partial charge on any atom is -0.477 e. The minimum absolute atomic E-state index is 0.159. The highest BCUT2D eigenvalue weighted by Gasteiger charge is 2.12. The second-order valence-electron chi connectivity index (χ2n) is 3.55. The molecule has 0 aliphatic carbocycles. The van der Waals surface area contributed by atoms with Crippen LogP contribution in [-0.2, 0) is 6.42 Å². The van der Waals surface area contributed by atoms with Crippen LogP contribution in [0.25, 0.3) is 0 Å². The van der Waals surface area contributed by atoms with Crippen LogP contribution in [0.15, 0.2) is 34.9 Å². The molecule has 0 bridgehead atoms. The number of hydrogen-bond donors (Lipinski definition) is 2. The van der Waals surface area contributed by atoms with Crippen molar-refractivity contribution in [2.24, 2.45) is 0 Å². The van der Waals surface area contributed by atoms with Crippen LogP contribution in [0.5, 0.6) is 0 Å². The minimum atomic E-state index is -1.02. The molecule has 0 radical (unpaired) electrons. The average Bonchev–Trinajstić information content (AvgIpc) is 2.99. The van der Waals surface area contributed by atoms with Crippen LogP contribution in [0, 0.1) is 0 Å². The average molecular weight is 265 g/mol. The Morgan fingerprint density at radius 2 is 2.06 bits per heavy atom. The summed E-state index contributed by atoms with van der Waals surface area (Å²) < 4.78 is 5.13. The van der Waals surface area contributed by atoms with Crippen molar-refractivity contribution in [2.75, 3.05) is 6.54 Å². The number of carbonyl (C=O) groups is 2. The lowest BCUT2D eigenvalue weighted by Crippen LogP contribution is -2.24. The summed E-state index contributed by atoms with van der Waals surface area (Å²) >= 11 is 0.962. The number of thiophene rings is 1. The first-order chi connectivity index (χ1) is 8.66. The second-order valence-corrected chi connectivity index (χ2v) is 4.64. The molecule has 2 aromatic rings. The monoisotopic (exact) mass is 265 g/mol. The number of carboxylic acid groups (broad SMARTS) is 1. The molecular formula is C12H11NO4S. The first-order valence-electron chi connectivity index (χ1n) is 5.30. The van der Waals surface area contributed by atoms with Crippen molar-refractivity contribution in [2.45, 2.75) is 6.42 Å². The summed E-state index contributed by atoms with van der Waals surface area (Å²) in [4.78, 5) is 22.9. The van der Waals surface area contributed by atoms with Crippen LogP contribution in [0.3, 0.4) is 0 Å². The molecule has 2 rings (SSSR count). The Morgan fingerprint density at radius 1 is 1.28 bits per heavy atom. The number of carbonyl (C=O) groups excluding carboxylic acids is 1. The Hall–Kier alpha value is -2.08. The second kappa shape index (κ2) is 5.50. The van der Waals surface area contributed by atoms with Gasteiger partial charge in [-0.1, -0.05) is 0 Å². The zero-order chi connectivity index (χ0) is 13.0. The van der Waals surface area contributed by atoms with Crippen molar-refractivity contribution in [3.8, 4) is 0 Å². The molecule has 0 atom stereocenters. The standard InChI is InChI=1S/C12H11NO4S/c14-11(9-3-4-10(18-9)12(15)16)13-6-5-8-2-1-7-17-8/h1-4,7H,5-6H2,(H,13,14)(H,15,16). The highest BCUT2D eigenvalue weighted by atomic mass is 32.1. The first-order valence-corrected chi connectivity index (χ1v) is 6.12. The lowest BCUT2D eigenvalue weighted by Gasteiger charge is -2.01. The van der Waals surface area contributed by atoms with Gasteiger partial charge in [-0.2, -0.15) is 0 Å². The third-order valence-corrected chi connectivity index (χ3v) is 3.35. The van der Waals surface area contributed by atoms with Gasteiger partial charge in [0.2, 0.25) is 0 Å². The Kier molecular flexibility index (Phi) is 3.78. The van der Waals surface area contributed by atoms with Gasteiger partial charge in [-0.25, -0.2) is 4.79 Å². The van der Waals surface area contributed by atoms with Crippen molar-refractivity contribution in [1.82, 2.24) is 5.32 Å². The molecule has 0 spiro atoms. The third kappa shape index (κ3) is 2.98. The Labute approximate surface area is 107 Å². The quantitative estimate of drug-likeness (QED) is 0.866. The summed E-state index contributed by atoms with van der Waals surface area (Å²) in [5.41, 5.74) is 0. The molecule has 18 heavy (non-hydrogen) atoms.